The molecule has 26 heavy (non-hydrogen) atoms. The van der Waals surface area contributed by atoms with Crippen molar-refractivity contribution in [2.75, 3.05) is 0 Å². The lowest BCUT2D eigenvalue weighted by Crippen LogP contribution is -2.23. The average Bonchev–Trinajstić information content (AvgIpc) is 3.42. The van der Waals surface area contributed by atoms with E-state index in [4.69, 9.17) is 4.99 Å². The monoisotopic (exact) mass is 351 g/mol. The van der Waals surface area contributed by atoms with Crippen LogP contribution in [0.1, 0.15) is 67.6 Å². The quantitative estimate of drug-likeness (QED) is 0.770. The number of carbonyl (C=O) groups is 1. The lowest BCUT2D eigenvalue weighted by Gasteiger charge is -2.31. The summed E-state index contributed by atoms with van der Waals surface area (Å²) < 4.78 is 0. The fraction of sp³-hybridized carbons (Fsp3) is 0.565. The van der Waals surface area contributed by atoms with E-state index in [2.05, 4.69) is 38.3 Å². The van der Waals surface area contributed by atoms with Gasteiger partial charge in [0.05, 0.1) is 5.92 Å². The van der Waals surface area contributed by atoms with E-state index in [1.54, 1.807) is 5.57 Å². The molecule has 2 atom stereocenters. The van der Waals surface area contributed by atoms with Gasteiger partial charge < -0.3 is 5.11 Å². The first-order valence-electron chi connectivity index (χ1n) is 10.1. The Morgan fingerprint density at radius 2 is 2.00 bits per heavy atom. The Bertz CT molecular complexity index is 768. The number of nitrogens with zero attached hydrogens (tertiary/aromatic N) is 1. The van der Waals surface area contributed by atoms with Crippen LogP contribution in [-0.4, -0.2) is 17.3 Å². The molecule has 0 amide bonds. The Morgan fingerprint density at radius 3 is 2.73 bits per heavy atom. The molecule has 2 aliphatic carbocycles. The lowest BCUT2D eigenvalue weighted by atomic mass is 9.75. The molecule has 3 aliphatic rings. The largest absolute Gasteiger partial charge is 0.481 e. The standard InChI is InChI=1S/C23H29NO2/c1-14-4-3-5-19(15(14)2)21(22-20-13-18(20)10-11-24-22)12-16-6-8-17(9-7-16)23(25)26/h3-5,11,16-18,21H,6-10,12-13H2,1-2H3,(H,25,26). The first kappa shape index (κ1) is 17.5. The Kier molecular flexibility index (Phi) is 4.73. The first-order valence-corrected chi connectivity index (χ1v) is 10.1. The maximum atomic E-state index is 11.3. The molecule has 1 aromatic rings. The molecule has 2 unspecified atom stereocenters. The number of aryl methyl sites for hydroxylation is 1. The van der Waals surface area contributed by atoms with Crippen LogP contribution in [0.3, 0.4) is 0 Å². The number of carboxylic acids is 1. The maximum Gasteiger partial charge on any atom is 0.306 e. The summed E-state index contributed by atoms with van der Waals surface area (Å²) in [5, 5.41) is 9.27. The highest BCUT2D eigenvalue weighted by atomic mass is 16.4. The van der Waals surface area contributed by atoms with Crippen LogP contribution >= 0.6 is 0 Å². The summed E-state index contributed by atoms with van der Waals surface area (Å²) >= 11 is 0. The third-order valence-electron chi connectivity index (χ3n) is 6.87. The highest BCUT2D eigenvalue weighted by molar-refractivity contribution is 5.70. The van der Waals surface area contributed by atoms with E-state index in [0.717, 1.165) is 44.4 Å². The minimum absolute atomic E-state index is 0.132. The third kappa shape index (κ3) is 3.36. The van der Waals surface area contributed by atoms with Gasteiger partial charge in [0, 0.05) is 17.8 Å². The second kappa shape index (κ2) is 7.02. The fourth-order valence-corrected chi connectivity index (χ4v) is 4.94. The van der Waals surface area contributed by atoms with E-state index in [1.807, 2.05) is 0 Å². The summed E-state index contributed by atoms with van der Waals surface area (Å²) in [6, 6.07) is 6.65. The highest BCUT2D eigenvalue weighted by Gasteiger charge is 2.38. The molecule has 3 heteroatoms. The molecule has 0 spiro atoms. The molecule has 1 aromatic carbocycles. The summed E-state index contributed by atoms with van der Waals surface area (Å²) in [6.07, 6.45) is 9.30. The van der Waals surface area contributed by atoms with Crippen molar-refractivity contribution in [2.45, 2.75) is 64.7 Å². The van der Waals surface area contributed by atoms with E-state index < -0.39 is 5.97 Å². The van der Waals surface area contributed by atoms with Gasteiger partial charge in [-0.05, 0) is 92.9 Å². The predicted molar refractivity (Wildman–Crippen MR) is 105 cm³/mol. The molecule has 0 aromatic heterocycles. The topological polar surface area (TPSA) is 49.7 Å². The molecular weight excluding hydrogens is 322 g/mol. The van der Waals surface area contributed by atoms with Gasteiger partial charge in [-0.3, -0.25) is 9.79 Å². The van der Waals surface area contributed by atoms with Gasteiger partial charge >= 0.3 is 5.97 Å². The molecule has 1 heterocycles. The Labute approximate surface area is 156 Å². The van der Waals surface area contributed by atoms with Crippen LogP contribution < -0.4 is 0 Å². The predicted octanol–water partition coefficient (Wildman–Crippen LogP) is 5.42. The van der Waals surface area contributed by atoms with Crippen LogP contribution in [0.15, 0.2) is 34.5 Å². The molecule has 2 saturated carbocycles. The summed E-state index contributed by atoms with van der Waals surface area (Å²) in [6.45, 7) is 4.43. The molecule has 4 rings (SSSR count). The third-order valence-corrected chi connectivity index (χ3v) is 6.87. The number of hydrogen-bond acceptors (Lipinski definition) is 2. The van der Waals surface area contributed by atoms with E-state index in [9.17, 15) is 9.90 Å². The zero-order chi connectivity index (χ0) is 18.3. The van der Waals surface area contributed by atoms with Crippen molar-refractivity contribution in [1.82, 2.24) is 0 Å². The average molecular weight is 351 g/mol. The second-order valence-corrected chi connectivity index (χ2v) is 8.49. The van der Waals surface area contributed by atoms with Gasteiger partial charge in [-0.25, -0.2) is 0 Å². The van der Waals surface area contributed by atoms with Crippen LogP contribution in [0, 0.1) is 31.6 Å². The number of hydrogen-bond donors (Lipinski definition) is 1. The number of benzene rings is 1. The van der Waals surface area contributed by atoms with Gasteiger partial charge in [0.15, 0.2) is 0 Å². The molecule has 3 nitrogen and oxygen atoms in total. The van der Waals surface area contributed by atoms with E-state index in [0.29, 0.717) is 11.8 Å². The Balaban J connectivity index is 1.59. The smallest absolute Gasteiger partial charge is 0.306 e. The van der Waals surface area contributed by atoms with Gasteiger partial charge in [0.25, 0.3) is 0 Å². The molecule has 0 radical (unpaired) electrons. The van der Waals surface area contributed by atoms with Crippen molar-refractivity contribution in [2.24, 2.45) is 22.7 Å². The summed E-state index contributed by atoms with van der Waals surface area (Å²) in [5.74, 6) is 0.985. The minimum atomic E-state index is -0.614. The van der Waals surface area contributed by atoms with Gasteiger partial charge in [-0.15, -0.1) is 0 Å². The highest BCUT2D eigenvalue weighted by Crippen LogP contribution is 2.51. The van der Waals surface area contributed by atoms with E-state index in [-0.39, 0.29) is 5.92 Å². The minimum Gasteiger partial charge on any atom is -0.481 e. The maximum absolute atomic E-state index is 11.3. The first-order chi connectivity index (χ1) is 12.5. The SMILES string of the molecule is Cc1cccc(C(CC2CCC(C(=O)O)CC2)C2=C3CC3CC=N2)c1C. The number of fused-ring (bicyclic) bond motifs is 1. The van der Waals surface area contributed by atoms with Gasteiger partial charge in [-0.2, -0.15) is 0 Å². The van der Waals surface area contributed by atoms with Crippen molar-refractivity contribution in [1.29, 1.82) is 0 Å². The summed E-state index contributed by atoms with van der Waals surface area (Å²) in [7, 11) is 0. The molecule has 1 aliphatic heterocycles. The van der Waals surface area contributed by atoms with Gasteiger partial charge in [0.1, 0.15) is 0 Å². The molecule has 2 fully saturated rings. The molecular formula is C23H29NO2. The van der Waals surface area contributed by atoms with Crippen molar-refractivity contribution in [3.05, 3.63) is 46.2 Å². The Hall–Kier alpha value is -1.90. The van der Waals surface area contributed by atoms with Crippen molar-refractivity contribution in [3.8, 4) is 0 Å². The van der Waals surface area contributed by atoms with Crippen LogP contribution in [0.2, 0.25) is 0 Å². The Morgan fingerprint density at radius 1 is 1.23 bits per heavy atom. The zero-order valence-corrected chi connectivity index (χ0v) is 15.9. The number of allylic oxidation sites excluding steroid dienone is 2. The van der Waals surface area contributed by atoms with Crippen molar-refractivity contribution >= 4 is 12.2 Å². The fourth-order valence-electron chi connectivity index (χ4n) is 4.94. The van der Waals surface area contributed by atoms with Crippen molar-refractivity contribution < 1.29 is 9.90 Å². The number of carboxylic acid groups (broad SMARTS) is 1. The van der Waals surface area contributed by atoms with Crippen LogP contribution in [0.25, 0.3) is 0 Å². The van der Waals surface area contributed by atoms with Crippen LogP contribution in [-0.2, 0) is 4.79 Å². The molecule has 1 N–H and O–H groups in total. The van der Waals surface area contributed by atoms with E-state index in [1.165, 1.54) is 28.8 Å². The number of aliphatic imine (C=N–C) groups is 1. The molecule has 0 saturated heterocycles. The normalized spacial score (nSPS) is 28.6. The van der Waals surface area contributed by atoms with Gasteiger partial charge in [0.2, 0.25) is 0 Å². The summed E-state index contributed by atoms with van der Waals surface area (Å²) in [4.78, 5) is 16.1. The number of aliphatic carboxylic acids is 1. The van der Waals surface area contributed by atoms with Crippen LogP contribution in [0.4, 0.5) is 0 Å². The van der Waals surface area contributed by atoms with Gasteiger partial charge in [-0.1, -0.05) is 18.2 Å². The van der Waals surface area contributed by atoms with Crippen LogP contribution in [0.5, 0.6) is 0 Å². The van der Waals surface area contributed by atoms with E-state index >= 15 is 0 Å². The molecule has 138 valence electrons. The second-order valence-electron chi connectivity index (χ2n) is 8.49. The summed E-state index contributed by atoms with van der Waals surface area (Å²) in [5.41, 5.74) is 7.08. The lowest BCUT2D eigenvalue weighted by molar-refractivity contribution is -0.143. The zero-order valence-electron chi connectivity index (χ0n) is 15.9. The molecule has 0 bridgehead atoms. The van der Waals surface area contributed by atoms with Crippen molar-refractivity contribution in [3.63, 3.8) is 0 Å². The number of rotatable bonds is 5.